The number of anilines is 3. The Kier molecular flexibility index (Phi) is 21.5. The molecule has 2 aliphatic carbocycles. The van der Waals surface area contributed by atoms with Crippen molar-refractivity contribution in [3.8, 4) is 0 Å². The smallest absolute Gasteiger partial charge is 0.396 e. The number of halogens is 1. The third kappa shape index (κ3) is 14.9. The number of amides is 2. The number of nitrogen functional groups attached to an aromatic ring is 1. The monoisotopic (exact) mass is 1180 g/mol. The van der Waals surface area contributed by atoms with E-state index >= 15 is 0 Å². The molecule has 5 aliphatic rings. The van der Waals surface area contributed by atoms with Crippen LogP contribution in [0.1, 0.15) is 152 Å². The summed E-state index contributed by atoms with van der Waals surface area (Å²) < 4.78 is 29.9. The molecule has 11 atom stereocenters. The van der Waals surface area contributed by atoms with Gasteiger partial charge in [0.1, 0.15) is 52.3 Å². The normalized spacial score (nSPS) is 26.7. The molecule has 4 fully saturated rings. The molecule has 11 rings (SSSR count). The fourth-order valence-electron chi connectivity index (χ4n) is 10.4. The van der Waals surface area contributed by atoms with E-state index in [1.54, 1.807) is 15.1 Å². The predicted octanol–water partition coefficient (Wildman–Crippen LogP) is 5.35. The van der Waals surface area contributed by atoms with Crippen molar-refractivity contribution in [3.63, 3.8) is 0 Å². The summed E-state index contributed by atoms with van der Waals surface area (Å²) >= 11 is 3.37. The van der Waals surface area contributed by atoms with Gasteiger partial charge in [-0.3, -0.25) is 14.6 Å². The molecule has 2 amide bonds. The van der Waals surface area contributed by atoms with E-state index in [0.717, 1.165) is 52.7 Å². The van der Waals surface area contributed by atoms with Gasteiger partial charge in [-0.25, -0.2) is 28.5 Å². The number of carbonyl (C=O) groups is 2. The van der Waals surface area contributed by atoms with Crippen LogP contribution >= 0.6 is 15.9 Å². The summed E-state index contributed by atoms with van der Waals surface area (Å²) in [5.41, 5.74) is 8.89. The van der Waals surface area contributed by atoms with Gasteiger partial charge in [-0.05, 0) is 105 Å². The number of aliphatic imine (C=N–C) groups is 1. The number of unbranched alkanes of at least 4 members (excludes halogenated alkanes) is 1. The van der Waals surface area contributed by atoms with Crippen molar-refractivity contribution >= 4 is 68.0 Å². The Balaban J connectivity index is 0.000000176. The molecule has 0 radical (unpaired) electrons. The Bertz CT molecular complexity index is 3100. The average molecular weight is 1180 g/mol. The SMILES string of the molecule is CC(C)(C)C(=O)Nc1ncnn2c(Br)ccc12.CC[C@H]1C[C@@H](c2ccc3c(NC(=O)C(C)(C)C)ncnn23)[C@@H]2OC(C)(C)O[C@H]12.CC[C@H]1N=C[C@@H]2OC(C)(C)O[C@@H]21.Nc1ncnn2c([C@@H]3C[C@H](CO)[C@@H](O)[C@H]3O)ccc12.[CH2-]CCC.[Li+]. The van der Waals surface area contributed by atoms with Gasteiger partial charge in [0.25, 0.3) is 0 Å². The molecule has 81 heavy (non-hydrogen) atoms. The van der Waals surface area contributed by atoms with Crippen LogP contribution < -0.4 is 35.2 Å². The van der Waals surface area contributed by atoms with Crippen LogP contribution in [0.25, 0.3) is 16.6 Å². The van der Waals surface area contributed by atoms with E-state index in [1.165, 1.54) is 25.4 Å². The average Bonchev–Trinajstić information content (AvgIpc) is 4.39. The summed E-state index contributed by atoms with van der Waals surface area (Å²) in [6, 6.07) is 11.7. The van der Waals surface area contributed by atoms with Crippen LogP contribution in [-0.4, -0.2) is 138 Å². The minimum Gasteiger partial charge on any atom is -0.396 e. The van der Waals surface area contributed by atoms with Crippen LogP contribution in [0.4, 0.5) is 17.5 Å². The van der Waals surface area contributed by atoms with Gasteiger partial charge in [-0.2, -0.15) is 21.7 Å². The molecule has 2 saturated heterocycles. The maximum Gasteiger partial charge on any atom is 1.00 e. The van der Waals surface area contributed by atoms with Gasteiger partial charge in [0, 0.05) is 52.8 Å². The summed E-state index contributed by atoms with van der Waals surface area (Å²) in [5.74, 6) is 0.362. The van der Waals surface area contributed by atoms with E-state index in [2.05, 4.69) is 95.6 Å². The number of hydrogen-bond acceptors (Lipinski definition) is 17. The molecule has 2 saturated carbocycles. The number of rotatable bonds is 8. The topological polar surface area (TPSA) is 285 Å². The number of aliphatic hydroxyl groups excluding tert-OH is 3. The van der Waals surface area contributed by atoms with E-state index < -0.39 is 34.6 Å². The zero-order valence-corrected chi connectivity index (χ0v) is 51.1. The van der Waals surface area contributed by atoms with E-state index in [1.807, 2.05) is 104 Å². The summed E-state index contributed by atoms with van der Waals surface area (Å²) in [6.45, 7) is 29.0. The molecule has 22 nitrogen and oxygen atoms in total. The number of fused-ring (bicyclic) bond motifs is 5. The summed E-state index contributed by atoms with van der Waals surface area (Å²) in [6.07, 6.45) is 10.6. The molecule has 3 aliphatic heterocycles. The molecule has 0 bridgehead atoms. The van der Waals surface area contributed by atoms with Gasteiger partial charge in [-0.1, -0.05) is 75.2 Å². The van der Waals surface area contributed by atoms with Crippen LogP contribution in [0.5, 0.6) is 0 Å². The van der Waals surface area contributed by atoms with Crippen LogP contribution in [0.3, 0.4) is 0 Å². The minimum atomic E-state index is -0.917. The molecule has 24 heteroatoms. The van der Waals surface area contributed by atoms with Gasteiger partial charge in [-0.15, -0.1) is 0 Å². The second-order valence-corrected chi connectivity index (χ2v) is 24.7. The molecule has 0 unspecified atom stereocenters. The van der Waals surface area contributed by atoms with Gasteiger partial charge in [0.05, 0.1) is 30.5 Å². The first-order valence-electron chi connectivity index (χ1n) is 27.7. The van der Waals surface area contributed by atoms with Crippen molar-refractivity contribution in [1.29, 1.82) is 0 Å². The maximum absolute atomic E-state index is 12.4. The van der Waals surface area contributed by atoms with Crippen molar-refractivity contribution in [2.75, 3.05) is 23.0 Å². The first-order chi connectivity index (χ1) is 37.7. The Hall–Kier alpha value is -4.93. The molecule has 9 heterocycles. The predicted molar refractivity (Wildman–Crippen MR) is 309 cm³/mol. The van der Waals surface area contributed by atoms with Crippen LogP contribution in [0.15, 0.2) is 65.0 Å². The number of nitrogens with two attached hydrogens (primary N) is 1. The Morgan fingerprint density at radius 2 is 1.17 bits per heavy atom. The van der Waals surface area contributed by atoms with Crippen LogP contribution in [0, 0.1) is 29.6 Å². The molecule has 6 aromatic heterocycles. The third-order valence-electron chi connectivity index (χ3n) is 14.9. The van der Waals surface area contributed by atoms with E-state index in [4.69, 9.17) is 24.7 Å². The zero-order chi connectivity index (χ0) is 58.6. The maximum atomic E-state index is 12.4. The van der Waals surface area contributed by atoms with Gasteiger partial charge >= 0.3 is 18.9 Å². The van der Waals surface area contributed by atoms with Crippen molar-refractivity contribution < 1.29 is 62.7 Å². The molecular formula is C57H83BrLiN13O9. The standard InChI is InChI=1S/C21H30N4O3.C12H16N4O3.C11H13BrN4O.C9H15NO2.C4H9.Li/c1-7-12-10-13(17-16(12)27-21(5,6)28-17)14-8-9-15-18(22-11-23-25(14)15)24-19(26)20(2,3)4;13-12-9-2-1-8(16(9)15-5-14-12)7-3-6(4-17)10(18)11(7)19;1-11(2,3)10(17)15-9-7-4-5-8(12)16(7)14-6-13-9;1-4-6-8-7(5-10-6)11-9(2,3)12-8;1-3-4-2;/h8-9,11-13,16-17H,7,10H2,1-6H3,(H,22,23,24,26);1-2,5-7,10-11,17-19H,3-4H2,(H2,13,14,15);4-6H,1-3H3,(H,13,14,15,17);5-8H,4H2,1-3H3;1,3-4H2,2H3;/q;;;;-1;+1/t12-,13-,16+,17-;6-,7+,10-,11+;;6-,7+,8-;;/m01.1../s1. The molecule has 0 spiro atoms. The number of aliphatic hydroxyl groups is 3. The number of ether oxygens (including phenoxy) is 4. The number of aromatic nitrogens is 9. The van der Waals surface area contributed by atoms with Crippen molar-refractivity contribution in [2.24, 2.45) is 27.7 Å². The number of carbonyl (C=O) groups excluding carboxylic acids is 2. The Labute approximate surface area is 495 Å². The first-order valence-corrected chi connectivity index (χ1v) is 28.5. The number of nitrogens with one attached hydrogen (secondary N) is 2. The second-order valence-electron chi connectivity index (χ2n) is 23.9. The minimum absolute atomic E-state index is 0. The van der Waals surface area contributed by atoms with Crippen molar-refractivity contribution in [1.82, 2.24) is 43.8 Å². The fraction of sp³-hybridized carbons (Fsp3) is 0.614. The largest absolute Gasteiger partial charge is 1.00 e. The van der Waals surface area contributed by atoms with Crippen LogP contribution in [-0.2, 0) is 28.5 Å². The number of hydrogen-bond donors (Lipinski definition) is 6. The van der Waals surface area contributed by atoms with Crippen molar-refractivity contribution in [2.45, 2.75) is 195 Å². The molecule has 0 aromatic carbocycles. The molecular weight excluding hydrogens is 1100 g/mol. The van der Waals surface area contributed by atoms with Crippen LogP contribution in [0.2, 0.25) is 0 Å². The Morgan fingerprint density at radius 1 is 0.691 bits per heavy atom. The fourth-order valence-corrected chi connectivity index (χ4v) is 10.8. The van der Waals surface area contributed by atoms with E-state index in [-0.39, 0.29) is 79.5 Å². The zero-order valence-electron chi connectivity index (χ0n) is 49.5. The van der Waals surface area contributed by atoms with Gasteiger partial charge in [0.2, 0.25) is 11.8 Å². The van der Waals surface area contributed by atoms with Gasteiger partial charge < -0.3 is 57.6 Å². The van der Waals surface area contributed by atoms with E-state index in [9.17, 15) is 24.9 Å². The third-order valence-corrected chi connectivity index (χ3v) is 15.5. The molecule has 6 aromatic rings. The first kappa shape index (κ1) is 65.2. The van der Waals surface area contributed by atoms with E-state index in [0.29, 0.717) is 41.4 Å². The second kappa shape index (κ2) is 26.8. The quantitative estimate of drug-likeness (QED) is 0.0828. The molecule has 438 valence electrons. The van der Waals surface area contributed by atoms with Crippen molar-refractivity contribution in [3.05, 3.63) is 78.3 Å². The Morgan fingerprint density at radius 3 is 1.72 bits per heavy atom. The summed E-state index contributed by atoms with van der Waals surface area (Å²) in [7, 11) is 0. The molecule has 7 N–H and O–H groups in total. The summed E-state index contributed by atoms with van der Waals surface area (Å²) in [5, 5.41) is 47.6. The summed E-state index contributed by atoms with van der Waals surface area (Å²) in [4.78, 5) is 40.9. The van der Waals surface area contributed by atoms with Gasteiger partial charge in [0.15, 0.2) is 29.0 Å². The number of nitrogens with zero attached hydrogens (tertiary/aromatic N) is 10.